The van der Waals surface area contributed by atoms with Crippen LogP contribution in [0.3, 0.4) is 0 Å². The number of aliphatic carboxylic acids is 1. The minimum atomic E-state index is -2.73. The van der Waals surface area contributed by atoms with Gasteiger partial charge in [-0.15, -0.1) is 0 Å². The van der Waals surface area contributed by atoms with Crippen molar-refractivity contribution in [2.45, 2.75) is 193 Å². The Bertz CT molecular complexity index is 4410. The van der Waals surface area contributed by atoms with E-state index < -0.39 is 300 Å². The van der Waals surface area contributed by atoms with Crippen molar-refractivity contribution in [2.24, 2.45) is 11.5 Å². The van der Waals surface area contributed by atoms with E-state index in [0.717, 1.165) is 33.1 Å². The van der Waals surface area contributed by atoms with Crippen LogP contribution >= 0.6 is 31.9 Å². The lowest BCUT2D eigenvalue weighted by Crippen LogP contribution is -2.64. The zero-order chi connectivity index (χ0) is 88.5. The number of nitrogens with two attached hydrogens (primary N) is 2. The Kier molecular flexibility index (Phi) is 36.3. The minimum Gasteiger partial charge on any atom is -0.480 e. The molecular formula is C75H97Br2N16O27+. The van der Waals surface area contributed by atoms with Gasteiger partial charge in [0.1, 0.15) is 103 Å². The molecule has 4 aromatic rings. The van der Waals surface area contributed by atoms with Crippen molar-refractivity contribution in [3.63, 3.8) is 0 Å². The van der Waals surface area contributed by atoms with E-state index in [1.54, 1.807) is 54.6 Å². The number of hydrogen-bond acceptors (Lipinski definition) is 26. The Morgan fingerprint density at radius 3 is 1.73 bits per heavy atom. The summed E-state index contributed by atoms with van der Waals surface area (Å²) in [5.41, 5.74) is 12.3. The number of carboxylic acid groups (broad SMARTS) is 1. The van der Waals surface area contributed by atoms with Gasteiger partial charge in [0.15, 0.2) is 6.10 Å². The number of nitrogens with zero attached hydrogens (tertiary/aromatic N) is 2. The molecule has 1 saturated heterocycles. The van der Waals surface area contributed by atoms with E-state index in [1.807, 2.05) is 5.32 Å². The molecule has 43 nitrogen and oxygen atoms in total. The average molecular weight is 1810 g/mol. The normalized spacial score (nSPS) is 28.1. The molecule has 1 fully saturated rings. The van der Waals surface area contributed by atoms with Crippen LogP contribution in [0.5, 0.6) is 0 Å². The topological polar surface area (TPSA) is 693 Å². The van der Waals surface area contributed by atoms with E-state index in [1.165, 1.54) is 49.4 Å². The number of carbonyl (C=O) groups excluding carboxylic acids is 14. The summed E-state index contributed by atoms with van der Waals surface area (Å²) >= 11 is 6.64. The zero-order valence-corrected chi connectivity index (χ0v) is 67.6. The van der Waals surface area contributed by atoms with Crippen LogP contribution in [0, 0.1) is 0 Å². The Morgan fingerprint density at radius 1 is 0.575 bits per heavy atom. The number of aromatic nitrogens is 2. The highest BCUT2D eigenvalue weighted by Gasteiger charge is 2.49. The maximum Gasteiger partial charge on any atom is 0.326 e. The smallest absolute Gasteiger partial charge is 0.326 e. The highest BCUT2D eigenvalue weighted by molar-refractivity contribution is 9.10. The standard InChI is InChI=1S/C75H96Br2N16O27/c1-34(8-9-36-10-14-39(76)15-11-36)20-52(99)43-27-57(103)83-50(30-94)70(114)88-49-29-92-28-41(93(33-92)74-63(107)62(106)60(104)53(32-96)120-74)23-46(67(111)90-58(35(2)97)72(116)89-51(31-95)71(115)85-45(66(110)84-43)21-37-6-4-3-5-7-37)81-56(102)25-42(98)24-48(75(118)119)82-55(101)18-19-80-65(109)44(22-38-12-16-40(77)17-13-38)87-73(117)59(61(105)64(79)108)91-68(112)47(26-54(78)100)86-69(49)113/h3-17,20,28,33,35,42-53,58-63,74,94-99,104-107H,18-19,21-27,29-32H2,1-2H3,(H16-,78,79,80,81,82,83,84,85,86,87,88,89,90,91,100,101,102,103,108,109,110,111,112,113,114,115,116,117,118,119)/p+1/b9-8+,34-20+/t35-,42+,43-,44-,45-,46-,47-,48-,49+,50-,51-,52-,53+,58-,59-,60-,61+,62-,63+,74+/m0/s1. The number of nitrogens with one attached hydrogen (secondary N) is 12. The highest BCUT2D eigenvalue weighted by atomic mass is 79.9. The van der Waals surface area contributed by atoms with Crippen LogP contribution in [0.1, 0.15) is 74.6 Å². The van der Waals surface area contributed by atoms with E-state index in [9.17, 15) is 119 Å². The van der Waals surface area contributed by atoms with Crippen molar-refractivity contribution >= 4 is 127 Å². The molecule has 0 spiro atoms. The molecule has 3 aromatic carbocycles. The number of ether oxygens (including phenoxy) is 1. The second kappa shape index (κ2) is 45.4. The summed E-state index contributed by atoms with van der Waals surface area (Å²) in [6.45, 7) is -2.96. The first-order valence-corrected chi connectivity index (χ1v) is 39.0. The third-order valence-electron chi connectivity index (χ3n) is 19.2. The van der Waals surface area contributed by atoms with E-state index in [-0.39, 0.29) is 0 Å². The number of carboxylic acids is 1. The first-order chi connectivity index (χ1) is 56.8. The molecule has 4 heterocycles. The third-order valence-corrected chi connectivity index (χ3v) is 20.2. The van der Waals surface area contributed by atoms with Crippen molar-refractivity contribution in [3.05, 3.63) is 140 Å². The number of hydrogen-bond donors (Lipinski definition) is 25. The SMILES string of the molecule is CC(/C=C/c1ccc(Br)cc1)=C\[C@H](O)[C@@H]1CC(=O)N[C@@H](CO)C(=O)N[C@@H]2Cn3cc([n+]([C@@H]4O[C@H](CO)[C@H](O)[C@H](O)[C@H]4O)c3)C[C@H](NC(=O)C[C@H](O)C[C@@H](C(=O)O)NC(=O)CCNC(=O)[C@H](Cc3ccc(Br)cc3)NC(=O)[C@H]([C@@H](O)C(N)=O)NC(=O)[C@H](CC(N)=O)NC2=O)C(=O)N[C@@H]([C@H](C)O)C(=O)N[C@@H](CO)C(=O)N[C@@H](Cc2ccccc2)C(=O)N1. The van der Waals surface area contributed by atoms with Crippen LogP contribution in [-0.2, 0) is 102 Å². The number of imidazole rings is 1. The molecule has 14 amide bonds. The van der Waals surface area contributed by atoms with Gasteiger partial charge in [-0.3, -0.25) is 67.1 Å². The Labute approximate surface area is 700 Å². The molecule has 4 bridgehead atoms. The van der Waals surface area contributed by atoms with Crippen molar-refractivity contribution in [2.75, 3.05) is 26.4 Å². The predicted octanol–water partition coefficient (Wildman–Crippen LogP) is -10.1. The number of amides is 14. The maximum absolute atomic E-state index is 15.4. The summed E-state index contributed by atoms with van der Waals surface area (Å²) in [7, 11) is 0. The molecule has 7 rings (SSSR count). The Morgan fingerprint density at radius 2 is 1.12 bits per heavy atom. The number of halogens is 2. The molecule has 20 atom stereocenters. The van der Waals surface area contributed by atoms with Gasteiger partial charge in [-0.2, -0.15) is 0 Å². The molecule has 652 valence electrons. The van der Waals surface area contributed by atoms with Gasteiger partial charge in [0.05, 0.1) is 57.0 Å². The quantitative estimate of drug-likeness (QED) is 0.0325. The lowest BCUT2D eigenvalue weighted by atomic mass is 9.98. The highest BCUT2D eigenvalue weighted by Crippen LogP contribution is 2.27. The zero-order valence-electron chi connectivity index (χ0n) is 64.4. The van der Waals surface area contributed by atoms with Crippen LogP contribution in [0.2, 0.25) is 0 Å². The van der Waals surface area contributed by atoms with Gasteiger partial charge in [0, 0.05) is 54.0 Å². The Hall–Kier alpha value is -11.1. The molecule has 0 unspecified atom stereocenters. The van der Waals surface area contributed by atoms with Crippen molar-refractivity contribution in [1.82, 2.24) is 68.4 Å². The molecule has 1 aromatic heterocycles. The van der Waals surface area contributed by atoms with Gasteiger partial charge in [-0.1, -0.05) is 110 Å². The van der Waals surface area contributed by atoms with E-state index in [4.69, 9.17) is 16.2 Å². The number of primary amides is 2. The average Bonchev–Trinajstić information content (AvgIpc) is 1.49. The maximum atomic E-state index is 15.4. The molecule has 0 saturated carbocycles. The van der Waals surface area contributed by atoms with Gasteiger partial charge >= 0.3 is 5.97 Å². The van der Waals surface area contributed by atoms with Crippen molar-refractivity contribution < 1.29 is 137 Å². The van der Waals surface area contributed by atoms with Crippen LogP contribution in [-0.4, -0.2) is 291 Å². The lowest BCUT2D eigenvalue weighted by molar-refractivity contribution is -0.783. The van der Waals surface area contributed by atoms with Gasteiger partial charge in [0.2, 0.25) is 95.3 Å². The van der Waals surface area contributed by atoms with Crippen LogP contribution in [0.25, 0.3) is 6.08 Å². The third kappa shape index (κ3) is 28.3. The number of carbonyl (C=O) groups is 15. The fraction of sp³-hybridized carbons (Fsp3) is 0.467. The molecule has 120 heavy (non-hydrogen) atoms. The van der Waals surface area contributed by atoms with Crippen LogP contribution < -0.4 is 79.8 Å². The van der Waals surface area contributed by atoms with Gasteiger partial charge in [-0.25, -0.2) is 13.9 Å². The predicted molar refractivity (Wildman–Crippen MR) is 420 cm³/mol. The summed E-state index contributed by atoms with van der Waals surface area (Å²) in [6, 6.07) is -2.51. The fourth-order valence-corrected chi connectivity index (χ4v) is 13.3. The van der Waals surface area contributed by atoms with Crippen LogP contribution in [0.4, 0.5) is 0 Å². The number of aliphatic hydroxyl groups excluding tert-OH is 10. The molecule has 0 aliphatic carbocycles. The molecule has 0 radical (unpaired) electrons. The monoisotopic (exact) mass is 1810 g/mol. The molecular weight excluding hydrogens is 1720 g/mol. The molecule has 45 heteroatoms. The number of aliphatic hydroxyl groups is 10. The van der Waals surface area contributed by atoms with E-state index in [0.29, 0.717) is 26.7 Å². The van der Waals surface area contributed by atoms with Gasteiger partial charge in [0.25, 0.3) is 0 Å². The number of benzene rings is 3. The second-order valence-corrected chi connectivity index (χ2v) is 30.5. The number of fused-ring (bicyclic) bond motifs is 2. The molecule has 27 N–H and O–H groups in total. The van der Waals surface area contributed by atoms with E-state index in [2.05, 4.69) is 90.3 Å². The van der Waals surface area contributed by atoms with Crippen molar-refractivity contribution in [3.8, 4) is 0 Å². The molecule has 3 aliphatic rings. The minimum absolute atomic E-state index is 0.320. The summed E-state index contributed by atoms with van der Waals surface area (Å²) < 4.78 is 8.98. The summed E-state index contributed by atoms with van der Waals surface area (Å²) in [4.78, 5) is 214. The van der Waals surface area contributed by atoms with Gasteiger partial charge < -0.3 is 136 Å². The summed E-state index contributed by atoms with van der Waals surface area (Å²) in [5, 5.41) is 150. The van der Waals surface area contributed by atoms with Gasteiger partial charge in [-0.05, 0) is 54.8 Å². The van der Waals surface area contributed by atoms with Crippen molar-refractivity contribution in [1.29, 1.82) is 0 Å². The first-order valence-electron chi connectivity index (χ1n) is 37.4. The number of allylic oxidation sites excluding steroid dienone is 2. The number of rotatable bonds is 18. The van der Waals surface area contributed by atoms with E-state index >= 15 is 9.59 Å². The molecule has 3 aliphatic heterocycles. The largest absolute Gasteiger partial charge is 0.480 e. The second-order valence-electron chi connectivity index (χ2n) is 28.6. The summed E-state index contributed by atoms with van der Waals surface area (Å²) in [5.74, 6) is -21.4. The first kappa shape index (κ1) is 96.1. The Balaban J connectivity index is 1.44. The van der Waals surface area contributed by atoms with Crippen LogP contribution in [0.15, 0.2) is 118 Å². The summed E-state index contributed by atoms with van der Waals surface area (Å²) in [6.07, 6.45) is -19.8. The fourth-order valence-electron chi connectivity index (χ4n) is 12.7. The lowest BCUT2D eigenvalue weighted by Gasteiger charge is -2.38.